The fraction of sp³-hybridized carbons (Fsp3) is 0.583. The minimum absolute atomic E-state index is 0.0233. The van der Waals surface area contributed by atoms with Crippen LogP contribution >= 0.6 is 0 Å². The van der Waals surface area contributed by atoms with Crippen LogP contribution in [0, 0.1) is 30.5 Å². The van der Waals surface area contributed by atoms with Crippen molar-refractivity contribution in [2.24, 2.45) is 17.8 Å². The molecule has 1 amide bonds. The molecule has 0 radical (unpaired) electrons. The molecule has 0 unspecified atom stereocenters. The van der Waals surface area contributed by atoms with Crippen molar-refractivity contribution in [1.82, 2.24) is 19.8 Å². The van der Waals surface area contributed by atoms with Gasteiger partial charge in [-0.2, -0.15) is 0 Å². The van der Waals surface area contributed by atoms with E-state index in [1.807, 2.05) is 6.07 Å². The first-order valence-corrected chi connectivity index (χ1v) is 11.3. The maximum atomic E-state index is 14.1. The summed E-state index contributed by atoms with van der Waals surface area (Å²) in [5.74, 6) is 1.36. The number of hydrogen-bond acceptors (Lipinski definition) is 3. The molecule has 1 aromatic heterocycles. The van der Waals surface area contributed by atoms with Crippen molar-refractivity contribution in [3.05, 3.63) is 53.4 Å². The predicted octanol–water partition coefficient (Wildman–Crippen LogP) is 4.07. The molecule has 3 fully saturated rings. The van der Waals surface area contributed by atoms with Crippen LogP contribution in [0.3, 0.4) is 0 Å². The Balaban J connectivity index is 1.36. The van der Waals surface area contributed by atoms with Gasteiger partial charge in [-0.1, -0.05) is 25.0 Å². The first kappa shape index (κ1) is 19.7. The lowest BCUT2D eigenvalue weighted by Gasteiger charge is -2.31. The summed E-state index contributed by atoms with van der Waals surface area (Å²) >= 11 is 0. The molecular weight excluding hydrogens is 379 g/mol. The molecule has 1 aliphatic carbocycles. The van der Waals surface area contributed by atoms with Gasteiger partial charge in [0.25, 0.3) is 0 Å². The normalized spacial score (nSPS) is 27.1. The molecule has 2 aromatic rings. The first-order valence-electron chi connectivity index (χ1n) is 11.3. The van der Waals surface area contributed by atoms with Crippen LogP contribution in [0.4, 0.5) is 4.39 Å². The van der Waals surface area contributed by atoms with Gasteiger partial charge in [0.1, 0.15) is 5.82 Å². The summed E-state index contributed by atoms with van der Waals surface area (Å²) in [5.41, 5.74) is 3.15. The van der Waals surface area contributed by atoms with Gasteiger partial charge in [0.15, 0.2) is 0 Å². The molecule has 30 heavy (non-hydrogen) atoms. The number of aromatic nitrogens is 2. The number of hydrogen-bond donors (Lipinski definition) is 1. The van der Waals surface area contributed by atoms with Gasteiger partial charge in [0.2, 0.25) is 5.91 Å². The number of carbonyl (C=O) groups is 1. The fourth-order valence-electron chi connectivity index (χ4n) is 5.98. The van der Waals surface area contributed by atoms with Gasteiger partial charge in [-0.3, -0.25) is 9.69 Å². The minimum Gasteiger partial charge on any atom is -0.348 e. The Labute approximate surface area is 177 Å². The van der Waals surface area contributed by atoms with E-state index in [0.29, 0.717) is 24.2 Å². The van der Waals surface area contributed by atoms with Crippen molar-refractivity contribution in [1.29, 1.82) is 0 Å². The SMILES string of the molecule is Cc1[nH]cnc1CN1C[C@H]2CN(C(=O)CC3CCCC3)[C@H](c3cccc(F)c3)[C@H]2C1. The molecule has 5 rings (SSSR count). The van der Waals surface area contributed by atoms with Crippen molar-refractivity contribution in [3.8, 4) is 0 Å². The molecule has 3 heterocycles. The van der Waals surface area contributed by atoms with Crippen LogP contribution in [-0.4, -0.2) is 45.3 Å². The largest absolute Gasteiger partial charge is 0.348 e. The Kier molecular flexibility index (Phi) is 5.35. The fourth-order valence-corrected chi connectivity index (χ4v) is 5.98. The van der Waals surface area contributed by atoms with Crippen molar-refractivity contribution in [2.45, 2.75) is 51.6 Å². The van der Waals surface area contributed by atoms with Crippen LogP contribution in [0.25, 0.3) is 0 Å². The third-order valence-electron chi connectivity index (χ3n) is 7.50. The number of aryl methyl sites for hydroxylation is 1. The van der Waals surface area contributed by atoms with Gasteiger partial charge >= 0.3 is 0 Å². The van der Waals surface area contributed by atoms with E-state index in [-0.39, 0.29) is 17.8 Å². The second kappa shape index (κ2) is 8.14. The van der Waals surface area contributed by atoms with Crippen LogP contribution in [0.5, 0.6) is 0 Å². The number of rotatable bonds is 5. The number of nitrogens with one attached hydrogen (secondary N) is 1. The highest BCUT2D eigenvalue weighted by atomic mass is 19.1. The Morgan fingerprint density at radius 3 is 2.80 bits per heavy atom. The molecule has 160 valence electrons. The van der Waals surface area contributed by atoms with Crippen molar-refractivity contribution in [2.75, 3.05) is 19.6 Å². The molecule has 6 heteroatoms. The lowest BCUT2D eigenvalue weighted by Crippen LogP contribution is -2.36. The van der Waals surface area contributed by atoms with Crippen LogP contribution < -0.4 is 0 Å². The summed E-state index contributed by atoms with van der Waals surface area (Å²) in [7, 11) is 0. The zero-order chi connectivity index (χ0) is 20.7. The molecule has 3 atom stereocenters. The van der Waals surface area contributed by atoms with E-state index in [1.165, 1.54) is 31.7 Å². The third kappa shape index (κ3) is 3.78. The number of imidazole rings is 1. The van der Waals surface area contributed by atoms with E-state index in [2.05, 4.69) is 26.7 Å². The van der Waals surface area contributed by atoms with Crippen LogP contribution in [0.1, 0.15) is 55.1 Å². The van der Waals surface area contributed by atoms with Gasteiger partial charge in [-0.05, 0) is 49.3 Å². The van der Waals surface area contributed by atoms with E-state index in [1.54, 1.807) is 18.5 Å². The van der Waals surface area contributed by atoms with Gasteiger partial charge < -0.3 is 9.88 Å². The number of benzene rings is 1. The molecule has 1 N–H and O–H groups in total. The summed E-state index contributed by atoms with van der Waals surface area (Å²) < 4.78 is 14.1. The molecular formula is C24H31FN4O. The monoisotopic (exact) mass is 410 g/mol. The van der Waals surface area contributed by atoms with Crippen LogP contribution in [0.2, 0.25) is 0 Å². The molecule has 5 nitrogen and oxygen atoms in total. The quantitative estimate of drug-likeness (QED) is 0.808. The number of nitrogens with zero attached hydrogens (tertiary/aromatic N) is 3. The number of likely N-dealkylation sites (tertiary alicyclic amines) is 2. The summed E-state index contributed by atoms with van der Waals surface area (Å²) in [6.07, 6.45) is 7.25. The Bertz CT molecular complexity index is 906. The predicted molar refractivity (Wildman–Crippen MR) is 113 cm³/mol. The van der Waals surface area contributed by atoms with Crippen molar-refractivity contribution in [3.63, 3.8) is 0 Å². The van der Waals surface area contributed by atoms with E-state index in [4.69, 9.17) is 0 Å². The maximum Gasteiger partial charge on any atom is 0.223 e. The maximum absolute atomic E-state index is 14.1. The third-order valence-corrected chi connectivity index (χ3v) is 7.50. The van der Waals surface area contributed by atoms with Gasteiger partial charge in [0.05, 0.1) is 18.1 Å². The van der Waals surface area contributed by atoms with E-state index >= 15 is 0 Å². The Hall–Kier alpha value is -2.21. The number of carbonyl (C=O) groups excluding carboxylic acids is 1. The highest BCUT2D eigenvalue weighted by Gasteiger charge is 2.49. The summed E-state index contributed by atoms with van der Waals surface area (Å²) in [4.78, 5) is 25.4. The molecule has 2 saturated heterocycles. The van der Waals surface area contributed by atoms with E-state index in [0.717, 1.165) is 43.1 Å². The average Bonchev–Trinajstić information content (AvgIpc) is 3.48. The molecule has 3 aliphatic rings. The zero-order valence-electron chi connectivity index (χ0n) is 17.7. The molecule has 1 saturated carbocycles. The summed E-state index contributed by atoms with van der Waals surface area (Å²) in [6, 6.07) is 6.86. The average molecular weight is 411 g/mol. The van der Waals surface area contributed by atoms with Crippen LogP contribution in [-0.2, 0) is 11.3 Å². The lowest BCUT2D eigenvalue weighted by molar-refractivity contribution is -0.133. The summed E-state index contributed by atoms with van der Waals surface area (Å²) in [5, 5.41) is 0. The second-order valence-electron chi connectivity index (χ2n) is 9.49. The molecule has 0 spiro atoms. The number of H-pyrrole nitrogens is 1. The summed E-state index contributed by atoms with van der Waals surface area (Å²) in [6.45, 7) is 5.56. The number of aromatic amines is 1. The van der Waals surface area contributed by atoms with E-state index < -0.39 is 0 Å². The Morgan fingerprint density at radius 2 is 2.07 bits per heavy atom. The second-order valence-corrected chi connectivity index (χ2v) is 9.49. The standard InChI is InChI=1S/C24H31FN4O/c1-16-22(27-15-26-16)14-28-11-19-12-29(23(30)9-17-5-2-3-6-17)24(21(19)13-28)18-7-4-8-20(25)10-18/h4,7-8,10,15,17,19,21,24H,2-3,5-6,9,11-14H2,1H3,(H,26,27)/t19-,21-,24+/m0/s1. The molecule has 1 aromatic carbocycles. The first-order chi connectivity index (χ1) is 14.6. The Morgan fingerprint density at radius 1 is 1.23 bits per heavy atom. The number of amides is 1. The molecule has 0 bridgehead atoms. The molecule has 2 aliphatic heterocycles. The van der Waals surface area contributed by atoms with Gasteiger partial charge in [-0.25, -0.2) is 9.37 Å². The van der Waals surface area contributed by atoms with Crippen LogP contribution in [0.15, 0.2) is 30.6 Å². The zero-order valence-corrected chi connectivity index (χ0v) is 17.7. The van der Waals surface area contributed by atoms with Gasteiger partial charge in [-0.15, -0.1) is 0 Å². The highest BCUT2D eigenvalue weighted by molar-refractivity contribution is 5.77. The lowest BCUT2D eigenvalue weighted by atomic mass is 9.89. The topological polar surface area (TPSA) is 52.2 Å². The number of halogens is 1. The van der Waals surface area contributed by atoms with Crippen molar-refractivity contribution < 1.29 is 9.18 Å². The highest BCUT2D eigenvalue weighted by Crippen LogP contribution is 2.46. The number of fused-ring (bicyclic) bond motifs is 1. The van der Waals surface area contributed by atoms with Crippen molar-refractivity contribution >= 4 is 5.91 Å². The van der Waals surface area contributed by atoms with E-state index in [9.17, 15) is 9.18 Å². The van der Waals surface area contributed by atoms with Gasteiger partial charge in [0, 0.05) is 44.2 Å². The smallest absolute Gasteiger partial charge is 0.223 e. The minimum atomic E-state index is -0.221.